The van der Waals surface area contributed by atoms with Gasteiger partial charge in [-0.3, -0.25) is 14.5 Å². The van der Waals surface area contributed by atoms with Gasteiger partial charge in [-0.25, -0.2) is 4.79 Å². The van der Waals surface area contributed by atoms with Crippen molar-refractivity contribution >= 4 is 17.9 Å². The first-order valence-corrected chi connectivity index (χ1v) is 5.89. The normalized spacial score (nSPS) is 18.6. The zero-order valence-electron chi connectivity index (χ0n) is 10.4. The summed E-state index contributed by atoms with van der Waals surface area (Å²) in [6, 6.07) is 6.00. The number of aliphatic carboxylic acids is 1. The molecule has 0 saturated carbocycles. The zero-order chi connectivity index (χ0) is 14.0. The van der Waals surface area contributed by atoms with Gasteiger partial charge in [0.2, 0.25) is 0 Å². The average Bonchev–Trinajstić information content (AvgIpc) is 2.63. The lowest BCUT2D eigenvalue weighted by molar-refractivity contribution is -0.137. The quantitative estimate of drug-likeness (QED) is 0.794. The van der Waals surface area contributed by atoms with E-state index in [1.165, 1.54) is 0 Å². The summed E-state index contributed by atoms with van der Waals surface area (Å²) in [5.41, 5.74) is 1.75. The van der Waals surface area contributed by atoms with Crippen LogP contribution in [0.1, 0.15) is 23.6 Å². The van der Waals surface area contributed by atoms with Gasteiger partial charge < -0.3 is 10.4 Å². The van der Waals surface area contributed by atoms with E-state index in [2.05, 4.69) is 5.32 Å². The van der Waals surface area contributed by atoms with Gasteiger partial charge in [0.05, 0.1) is 6.42 Å². The molecule has 1 saturated heterocycles. The molecule has 1 heterocycles. The molecule has 1 aliphatic rings. The van der Waals surface area contributed by atoms with E-state index >= 15 is 0 Å². The van der Waals surface area contributed by atoms with E-state index in [0.29, 0.717) is 5.56 Å². The molecule has 1 unspecified atom stereocenters. The van der Waals surface area contributed by atoms with E-state index < -0.39 is 23.9 Å². The Balaban J connectivity index is 2.13. The number of imide groups is 1. The van der Waals surface area contributed by atoms with Crippen LogP contribution in [0.25, 0.3) is 0 Å². The number of carboxylic acid groups (broad SMARTS) is 1. The van der Waals surface area contributed by atoms with Gasteiger partial charge in [-0.1, -0.05) is 29.8 Å². The number of carboxylic acids is 1. The molecule has 1 fully saturated rings. The molecule has 19 heavy (non-hydrogen) atoms. The molecule has 0 aliphatic carbocycles. The molecule has 3 amide bonds. The first-order valence-electron chi connectivity index (χ1n) is 5.89. The number of benzene rings is 1. The number of aryl methyl sites for hydroxylation is 1. The monoisotopic (exact) mass is 262 g/mol. The van der Waals surface area contributed by atoms with Gasteiger partial charge in [-0.15, -0.1) is 0 Å². The highest BCUT2D eigenvalue weighted by atomic mass is 16.4. The maximum atomic E-state index is 12.1. The summed E-state index contributed by atoms with van der Waals surface area (Å²) in [6.45, 7) is 1.82. The molecule has 0 bridgehead atoms. The fourth-order valence-corrected chi connectivity index (χ4v) is 1.92. The summed E-state index contributed by atoms with van der Waals surface area (Å²) in [4.78, 5) is 35.1. The van der Waals surface area contributed by atoms with Crippen molar-refractivity contribution in [3.8, 4) is 0 Å². The summed E-state index contributed by atoms with van der Waals surface area (Å²) < 4.78 is 0. The van der Waals surface area contributed by atoms with E-state index in [1.807, 2.05) is 19.1 Å². The largest absolute Gasteiger partial charge is 0.481 e. The summed E-state index contributed by atoms with van der Waals surface area (Å²) in [7, 11) is 0. The van der Waals surface area contributed by atoms with Crippen LogP contribution in [-0.2, 0) is 9.59 Å². The summed E-state index contributed by atoms with van der Waals surface area (Å²) in [5, 5.41) is 11.1. The van der Waals surface area contributed by atoms with Gasteiger partial charge in [0.15, 0.2) is 0 Å². The van der Waals surface area contributed by atoms with Crippen molar-refractivity contribution in [3.63, 3.8) is 0 Å². The van der Waals surface area contributed by atoms with Crippen molar-refractivity contribution in [2.45, 2.75) is 19.4 Å². The lowest BCUT2D eigenvalue weighted by Crippen LogP contribution is -2.32. The van der Waals surface area contributed by atoms with E-state index in [1.54, 1.807) is 12.1 Å². The molecule has 2 rings (SSSR count). The first kappa shape index (κ1) is 13.1. The maximum absolute atomic E-state index is 12.1. The van der Waals surface area contributed by atoms with Crippen molar-refractivity contribution in [2.24, 2.45) is 0 Å². The Kier molecular flexibility index (Phi) is 3.50. The molecule has 0 spiro atoms. The molecule has 1 aromatic carbocycles. The smallest absolute Gasteiger partial charge is 0.325 e. The second-order valence-electron chi connectivity index (χ2n) is 4.43. The average molecular weight is 262 g/mol. The van der Waals surface area contributed by atoms with E-state index in [-0.39, 0.29) is 13.0 Å². The van der Waals surface area contributed by atoms with Crippen molar-refractivity contribution in [1.29, 1.82) is 0 Å². The minimum atomic E-state index is -1.04. The molecule has 1 atom stereocenters. The number of nitrogens with zero attached hydrogens (tertiary/aromatic N) is 1. The molecule has 0 aromatic heterocycles. The standard InChI is InChI=1S/C13H14N2O4/c1-8-2-4-9(5-3-8)11-12(18)15(13(19)14-11)7-6-10(16)17/h2-5,11H,6-7H2,1H3,(H,14,19)(H,16,17). The topological polar surface area (TPSA) is 86.7 Å². The molecular formula is C13H14N2O4. The Hall–Kier alpha value is -2.37. The van der Waals surface area contributed by atoms with Crippen molar-refractivity contribution in [2.75, 3.05) is 6.54 Å². The third-order valence-electron chi connectivity index (χ3n) is 2.99. The number of rotatable bonds is 4. The second-order valence-corrected chi connectivity index (χ2v) is 4.43. The number of carbonyl (C=O) groups excluding carboxylic acids is 2. The summed E-state index contributed by atoms with van der Waals surface area (Å²) in [5.74, 6) is -1.45. The van der Waals surface area contributed by atoms with E-state index in [4.69, 9.17) is 5.11 Å². The van der Waals surface area contributed by atoms with Crippen molar-refractivity contribution in [3.05, 3.63) is 35.4 Å². The van der Waals surface area contributed by atoms with Crippen LogP contribution in [0.4, 0.5) is 4.79 Å². The Labute approximate surface area is 110 Å². The number of amides is 3. The summed E-state index contributed by atoms with van der Waals surface area (Å²) >= 11 is 0. The van der Waals surface area contributed by atoms with Crippen molar-refractivity contribution < 1.29 is 19.5 Å². The third-order valence-corrected chi connectivity index (χ3v) is 2.99. The fraction of sp³-hybridized carbons (Fsp3) is 0.308. The SMILES string of the molecule is Cc1ccc(C2NC(=O)N(CCC(=O)O)C2=O)cc1. The van der Waals surface area contributed by atoms with E-state index in [0.717, 1.165) is 10.5 Å². The molecule has 0 radical (unpaired) electrons. The van der Waals surface area contributed by atoms with Crippen LogP contribution in [0, 0.1) is 6.92 Å². The third kappa shape index (κ3) is 2.73. The lowest BCUT2D eigenvalue weighted by Gasteiger charge is -2.11. The Bertz CT molecular complexity index is 524. The lowest BCUT2D eigenvalue weighted by atomic mass is 10.1. The Morgan fingerprint density at radius 3 is 2.53 bits per heavy atom. The van der Waals surface area contributed by atoms with Crippen molar-refractivity contribution in [1.82, 2.24) is 10.2 Å². The highest BCUT2D eigenvalue weighted by Gasteiger charge is 2.38. The van der Waals surface area contributed by atoms with E-state index in [9.17, 15) is 14.4 Å². The summed E-state index contributed by atoms with van der Waals surface area (Å²) in [6.07, 6.45) is -0.250. The highest BCUT2D eigenvalue weighted by Crippen LogP contribution is 2.22. The minimum absolute atomic E-state index is 0.109. The molecule has 1 aromatic rings. The molecule has 2 N–H and O–H groups in total. The van der Waals surface area contributed by atoms with Crippen LogP contribution in [0.5, 0.6) is 0 Å². The predicted octanol–water partition coefficient (Wildman–Crippen LogP) is 1.06. The van der Waals surface area contributed by atoms with Crippen LogP contribution >= 0.6 is 0 Å². The van der Waals surface area contributed by atoms with Crippen LogP contribution in [0.3, 0.4) is 0 Å². The molecule has 100 valence electrons. The number of hydrogen-bond acceptors (Lipinski definition) is 3. The Morgan fingerprint density at radius 1 is 1.32 bits per heavy atom. The predicted molar refractivity (Wildman–Crippen MR) is 66.4 cm³/mol. The highest BCUT2D eigenvalue weighted by molar-refractivity contribution is 6.04. The van der Waals surface area contributed by atoms with Gasteiger partial charge in [-0.05, 0) is 12.5 Å². The second kappa shape index (κ2) is 5.09. The molecule has 6 nitrogen and oxygen atoms in total. The number of nitrogens with one attached hydrogen (secondary N) is 1. The van der Waals surface area contributed by atoms with Crippen LogP contribution in [-0.4, -0.2) is 34.5 Å². The van der Waals surface area contributed by atoms with Gasteiger partial charge >= 0.3 is 12.0 Å². The van der Waals surface area contributed by atoms with Gasteiger partial charge in [0, 0.05) is 6.54 Å². The molecular weight excluding hydrogens is 248 g/mol. The number of hydrogen-bond donors (Lipinski definition) is 2. The van der Waals surface area contributed by atoms with Gasteiger partial charge in [-0.2, -0.15) is 0 Å². The minimum Gasteiger partial charge on any atom is -0.481 e. The molecule has 1 aliphatic heterocycles. The molecule has 6 heteroatoms. The fourth-order valence-electron chi connectivity index (χ4n) is 1.92. The Morgan fingerprint density at radius 2 is 1.95 bits per heavy atom. The first-order chi connectivity index (χ1) is 8.99. The zero-order valence-corrected chi connectivity index (χ0v) is 10.4. The van der Waals surface area contributed by atoms with Crippen LogP contribution in [0.2, 0.25) is 0 Å². The maximum Gasteiger partial charge on any atom is 0.325 e. The van der Waals surface area contributed by atoms with Gasteiger partial charge in [0.1, 0.15) is 6.04 Å². The number of urea groups is 1. The van der Waals surface area contributed by atoms with Gasteiger partial charge in [0.25, 0.3) is 5.91 Å². The van der Waals surface area contributed by atoms with Crippen LogP contribution in [0.15, 0.2) is 24.3 Å². The number of carbonyl (C=O) groups is 3. The van der Waals surface area contributed by atoms with Crippen LogP contribution < -0.4 is 5.32 Å².